The van der Waals surface area contributed by atoms with Gasteiger partial charge in [-0.3, -0.25) is 4.79 Å². The molecule has 3 rings (SSSR count). The number of nitrogens with one attached hydrogen (secondary N) is 1. The second kappa shape index (κ2) is 14.8. The van der Waals surface area contributed by atoms with E-state index < -0.39 is 0 Å². The Kier molecular flexibility index (Phi) is 11.1. The van der Waals surface area contributed by atoms with Crippen LogP contribution < -0.4 is 10.2 Å². The van der Waals surface area contributed by atoms with E-state index in [-0.39, 0.29) is 5.91 Å². The number of carbonyl (C=O) groups is 1. The van der Waals surface area contributed by atoms with Crippen LogP contribution in [0.3, 0.4) is 0 Å². The summed E-state index contributed by atoms with van der Waals surface area (Å²) in [7, 11) is 0. The molecule has 0 unspecified atom stereocenters. The smallest absolute Gasteiger partial charge is 0.240 e. The molecule has 0 aliphatic rings. The first-order valence-corrected chi connectivity index (χ1v) is 12.9. The van der Waals surface area contributed by atoms with E-state index >= 15 is 0 Å². The molecular weight excluding hydrogens is 436 g/mol. The van der Waals surface area contributed by atoms with E-state index in [2.05, 4.69) is 24.4 Å². The summed E-state index contributed by atoms with van der Waals surface area (Å²) >= 11 is 0. The third kappa shape index (κ3) is 8.71. The predicted molar refractivity (Wildman–Crippen MR) is 143 cm³/mol. The van der Waals surface area contributed by atoms with Crippen LogP contribution in [0.15, 0.2) is 65.9 Å². The second-order valence-corrected chi connectivity index (χ2v) is 8.75. The van der Waals surface area contributed by atoms with Gasteiger partial charge in [0.05, 0.1) is 18.5 Å². The Morgan fingerprint density at radius 2 is 1.66 bits per heavy atom. The molecule has 0 saturated heterocycles. The lowest BCUT2D eigenvalue weighted by molar-refractivity contribution is -0.121. The number of hydrazone groups is 1. The lowest BCUT2D eigenvalue weighted by atomic mass is 10.1. The van der Waals surface area contributed by atoms with Crippen molar-refractivity contribution >= 4 is 12.1 Å². The van der Waals surface area contributed by atoms with E-state index in [9.17, 15) is 4.79 Å². The number of unbranched alkanes of at least 4 members (excludes halogenated alkanes) is 6. The zero-order chi connectivity index (χ0) is 24.7. The number of benzene rings is 2. The SMILES string of the molecule is CCCCCCCCCC(=O)N/N=C\c1cn(-c2ccccc2)nc1-c1ccc(OCCC)cc1. The zero-order valence-corrected chi connectivity index (χ0v) is 21.1. The van der Waals surface area contributed by atoms with Crippen molar-refractivity contribution in [3.05, 3.63) is 66.4 Å². The average Bonchev–Trinajstić information content (AvgIpc) is 3.32. The van der Waals surface area contributed by atoms with Crippen LogP contribution >= 0.6 is 0 Å². The highest BCUT2D eigenvalue weighted by Crippen LogP contribution is 2.25. The van der Waals surface area contributed by atoms with E-state index in [1.165, 1.54) is 32.1 Å². The van der Waals surface area contributed by atoms with Gasteiger partial charge in [-0.25, -0.2) is 10.1 Å². The normalized spacial score (nSPS) is 11.1. The number of para-hydroxylation sites is 1. The Bertz CT molecular complexity index is 1040. The highest BCUT2D eigenvalue weighted by atomic mass is 16.5. The van der Waals surface area contributed by atoms with Gasteiger partial charge in [0, 0.05) is 23.7 Å². The lowest BCUT2D eigenvalue weighted by Gasteiger charge is -2.05. The monoisotopic (exact) mass is 474 g/mol. The average molecular weight is 475 g/mol. The molecule has 6 nitrogen and oxygen atoms in total. The van der Waals surface area contributed by atoms with Crippen LogP contribution in [0.5, 0.6) is 5.75 Å². The van der Waals surface area contributed by atoms with Crippen molar-refractivity contribution in [3.63, 3.8) is 0 Å². The van der Waals surface area contributed by atoms with Crippen molar-refractivity contribution in [1.82, 2.24) is 15.2 Å². The topological polar surface area (TPSA) is 68.5 Å². The summed E-state index contributed by atoms with van der Waals surface area (Å²) in [5.74, 6) is 0.787. The van der Waals surface area contributed by atoms with Crippen molar-refractivity contribution < 1.29 is 9.53 Å². The van der Waals surface area contributed by atoms with E-state index in [1.807, 2.05) is 65.5 Å². The van der Waals surface area contributed by atoms with Crippen LogP contribution in [0.25, 0.3) is 16.9 Å². The maximum absolute atomic E-state index is 12.2. The van der Waals surface area contributed by atoms with Crippen LogP contribution in [0.2, 0.25) is 0 Å². The number of ether oxygens (including phenoxy) is 1. The van der Waals surface area contributed by atoms with Crippen LogP contribution in [0.4, 0.5) is 0 Å². The number of rotatable bonds is 15. The summed E-state index contributed by atoms with van der Waals surface area (Å²) in [6, 6.07) is 17.9. The number of hydrogen-bond donors (Lipinski definition) is 1. The molecule has 35 heavy (non-hydrogen) atoms. The first-order valence-electron chi connectivity index (χ1n) is 12.9. The van der Waals surface area contributed by atoms with Gasteiger partial charge in [0.15, 0.2) is 0 Å². The van der Waals surface area contributed by atoms with Gasteiger partial charge in [0.1, 0.15) is 11.4 Å². The number of nitrogens with zero attached hydrogens (tertiary/aromatic N) is 3. The Morgan fingerprint density at radius 1 is 0.943 bits per heavy atom. The Labute approximate surface area is 209 Å². The summed E-state index contributed by atoms with van der Waals surface area (Å²) in [5.41, 5.74) is 6.21. The number of aromatic nitrogens is 2. The summed E-state index contributed by atoms with van der Waals surface area (Å²) in [6.45, 7) is 5.00. The number of carbonyl (C=O) groups excluding carboxylic acids is 1. The van der Waals surface area contributed by atoms with Gasteiger partial charge < -0.3 is 4.74 Å². The van der Waals surface area contributed by atoms with E-state index in [0.29, 0.717) is 13.0 Å². The summed E-state index contributed by atoms with van der Waals surface area (Å²) in [4.78, 5) is 12.2. The van der Waals surface area contributed by atoms with Gasteiger partial charge in [-0.1, -0.05) is 70.6 Å². The van der Waals surface area contributed by atoms with Gasteiger partial charge >= 0.3 is 0 Å². The molecular formula is C29H38N4O2. The van der Waals surface area contributed by atoms with Gasteiger partial charge in [-0.05, 0) is 49.2 Å². The molecule has 0 bridgehead atoms. The minimum Gasteiger partial charge on any atom is -0.494 e. The van der Waals surface area contributed by atoms with Crippen LogP contribution in [-0.2, 0) is 4.79 Å². The van der Waals surface area contributed by atoms with Crippen LogP contribution in [0, 0.1) is 0 Å². The standard InChI is InChI=1S/C29H38N4O2/c1-3-5-6-7-8-9-13-16-28(34)31-30-22-25-23-33(26-14-11-10-12-15-26)32-29(25)24-17-19-27(20-18-24)35-21-4-2/h10-12,14-15,17-20,22-23H,3-9,13,16,21H2,1-2H3,(H,31,34)/b30-22-. The minimum atomic E-state index is -0.0516. The van der Waals surface area contributed by atoms with Gasteiger partial charge in [0.25, 0.3) is 0 Å². The Balaban J connectivity index is 1.64. The quantitative estimate of drug-likeness (QED) is 0.148. The van der Waals surface area contributed by atoms with Crippen LogP contribution in [0.1, 0.15) is 77.2 Å². The maximum atomic E-state index is 12.2. The fourth-order valence-electron chi connectivity index (χ4n) is 3.82. The summed E-state index contributed by atoms with van der Waals surface area (Å²) < 4.78 is 7.54. The highest BCUT2D eigenvalue weighted by molar-refractivity contribution is 5.89. The van der Waals surface area contributed by atoms with Crippen molar-refractivity contribution in [1.29, 1.82) is 0 Å². The summed E-state index contributed by atoms with van der Waals surface area (Å²) in [5, 5.41) is 9.03. The molecule has 0 aliphatic carbocycles. The lowest BCUT2D eigenvalue weighted by Crippen LogP contribution is -2.16. The van der Waals surface area contributed by atoms with Crippen molar-refractivity contribution in [3.8, 4) is 22.7 Å². The van der Waals surface area contributed by atoms with Crippen molar-refractivity contribution in [2.75, 3.05) is 6.61 Å². The van der Waals surface area contributed by atoms with Gasteiger partial charge in [-0.15, -0.1) is 0 Å². The molecule has 0 radical (unpaired) electrons. The third-order valence-corrected chi connectivity index (χ3v) is 5.76. The molecule has 0 fully saturated rings. The third-order valence-electron chi connectivity index (χ3n) is 5.76. The molecule has 0 spiro atoms. The molecule has 0 atom stereocenters. The second-order valence-electron chi connectivity index (χ2n) is 8.75. The van der Waals surface area contributed by atoms with Gasteiger partial charge in [-0.2, -0.15) is 10.2 Å². The molecule has 6 heteroatoms. The molecule has 186 valence electrons. The molecule has 1 N–H and O–H groups in total. The van der Waals surface area contributed by atoms with E-state index in [0.717, 1.165) is 47.5 Å². The molecule has 0 aliphatic heterocycles. The van der Waals surface area contributed by atoms with E-state index in [1.54, 1.807) is 6.21 Å². The highest BCUT2D eigenvalue weighted by Gasteiger charge is 2.12. The molecule has 0 saturated carbocycles. The maximum Gasteiger partial charge on any atom is 0.240 e. The number of amides is 1. The molecule has 1 aromatic heterocycles. The van der Waals surface area contributed by atoms with Gasteiger partial charge in [0.2, 0.25) is 5.91 Å². The first kappa shape index (κ1) is 26.2. The predicted octanol–water partition coefficient (Wildman–Crippen LogP) is 6.92. The molecule has 1 amide bonds. The number of hydrogen-bond acceptors (Lipinski definition) is 4. The molecule has 2 aromatic carbocycles. The molecule has 3 aromatic rings. The first-order chi connectivity index (χ1) is 17.2. The summed E-state index contributed by atoms with van der Waals surface area (Å²) in [6.07, 6.45) is 13.4. The fraction of sp³-hybridized carbons (Fsp3) is 0.414. The Hall–Kier alpha value is -3.41. The van der Waals surface area contributed by atoms with E-state index in [4.69, 9.17) is 9.84 Å². The Morgan fingerprint density at radius 3 is 2.37 bits per heavy atom. The largest absolute Gasteiger partial charge is 0.494 e. The zero-order valence-electron chi connectivity index (χ0n) is 21.1. The fourth-order valence-corrected chi connectivity index (χ4v) is 3.82. The van der Waals surface area contributed by atoms with Crippen molar-refractivity contribution in [2.45, 2.75) is 71.6 Å². The molecule has 1 heterocycles. The van der Waals surface area contributed by atoms with Crippen molar-refractivity contribution in [2.24, 2.45) is 5.10 Å². The minimum absolute atomic E-state index is 0.0516. The van der Waals surface area contributed by atoms with Crippen LogP contribution in [-0.4, -0.2) is 28.5 Å².